The summed E-state index contributed by atoms with van der Waals surface area (Å²) < 4.78 is 2.62. The van der Waals surface area contributed by atoms with E-state index in [1.807, 2.05) is 12.2 Å². The van der Waals surface area contributed by atoms with Crippen LogP contribution in [0.1, 0.15) is 49.9 Å². The second-order valence-corrected chi connectivity index (χ2v) is 16.3. The molecular formula is C53H40N2. The van der Waals surface area contributed by atoms with E-state index in [1.54, 1.807) is 0 Å². The summed E-state index contributed by atoms with van der Waals surface area (Å²) in [6.07, 6.45) is 10.5. The van der Waals surface area contributed by atoms with Crippen LogP contribution in [0.5, 0.6) is 0 Å². The maximum Gasteiger partial charge on any atom is 0.0583 e. The Bertz CT molecular complexity index is 3040. The second-order valence-electron chi connectivity index (χ2n) is 16.3. The number of rotatable bonds is 5. The van der Waals surface area contributed by atoms with Gasteiger partial charge in [0.05, 0.1) is 16.7 Å². The fourth-order valence-corrected chi connectivity index (χ4v) is 9.75. The first-order valence-corrected chi connectivity index (χ1v) is 19.4. The molecule has 0 fully saturated rings. The summed E-state index contributed by atoms with van der Waals surface area (Å²) in [5.41, 5.74) is 20.7. The van der Waals surface area contributed by atoms with Crippen molar-refractivity contribution in [3.05, 3.63) is 204 Å². The van der Waals surface area contributed by atoms with Gasteiger partial charge in [0.15, 0.2) is 0 Å². The fourth-order valence-electron chi connectivity index (χ4n) is 9.75. The lowest BCUT2D eigenvalue weighted by Gasteiger charge is -2.42. The van der Waals surface area contributed by atoms with Crippen LogP contribution in [0.25, 0.3) is 60.5 Å². The van der Waals surface area contributed by atoms with E-state index in [0.717, 1.165) is 17.1 Å². The minimum atomic E-state index is -0.237. The Hall–Kier alpha value is -6.60. The normalized spacial score (nSPS) is 15.5. The summed E-state index contributed by atoms with van der Waals surface area (Å²) >= 11 is 0. The smallest absolute Gasteiger partial charge is 0.0583 e. The summed E-state index contributed by atoms with van der Waals surface area (Å²) in [5, 5.41) is 5.11. The third-order valence-corrected chi connectivity index (χ3v) is 12.6. The number of para-hydroxylation sites is 1. The third kappa shape index (κ3) is 4.50. The average Bonchev–Trinajstić information content (AvgIpc) is 3.33. The molecule has 11 rings (SSSR count). The second kappa shape index (κ2) is 11.5. The molecule has 0 N–H and O–H groups in total. The highest BCUT2D eigenvalue weighted by Gasteiger charge is 2.44. The maximum atomic E-state index is 3.29. The molecule has 0 bridgehead atoms. The van der Waals surface area contributed by atoms with Crippen molar-refractivity contribution in [1.82, 2.24) is 4.57 Å². The van der Waals surface area contributed by atoms with Gasteiger partial charge in [-0.1, -0.05) is 137 Å². The van der Waals surface area contributed by atoms with Crippen LogP contribution in [-0.2, 0) is 10.8 Å². The summed E-state index contributed by atoms with van der Waals surface area (Å²) in [4.78, 5) is 2.42. The molecule has 0 saturated carbocycles. The Kier molecular flexibility index (Phi) is 6.64. The van der Waals surface area contributed by atoms with Gasteiger partial charge >= 0.3 is 0 Å². The van der Waals surface area contributed by atoms with Crippen LogP contribution in [0, 0.1) is 0 Å². The molecule has 0 amide bonds. The van der Waals surface area contributed by atoms with Gasteiger partial charge in [-0.15, -0.1) is 5.73 Å². The number of aromatic nitrogens is 1. The number of hydrogen-bond acceptors (Lipinski definition) is 1. The van der Waals surface area contributed by atoms with Gasteiger partial charge in [-0.25, -0.2) is 0 Å². The lowest BCUT2D eigenvalue weighted by atomic mass is 9.68. The van der Waals surface area contributed by atoms with E-state index in [-0.39, 0.29) is 10.8 Å². The van der Waals surface area contributed by atoms with Crippen LogP contribution in [0.3, 0.4) is 0 Å². The number of fused-ring (bicyclic) bond motifs is 2. The van der Waals surface area contributed by atoms with Gasteiger partial charge in [0.25, 0.3) is 0 Å². The van der Waals surface area contributed by atoms with E-state index < -0.39 is 0 Å². The van der Waals surface area contributed by atoms with E-state index in [4.69, 9.17) is 0 Å². The fraction of sp³-hybridized carbons (Fsp3) is 0.113. The first kappa shape index (κ1) is 31.9. The van der Waals surface area contributed by atoms with Gasteiger partial charge in [0, 0.05) is 38.7 Å². The number of benzene rings is 7. The van der Waals surface area contributed by atoms with Crippen molar-refractivity contribution in [3.63, 3.8) is 0 Å². The summed E-state index contributed by atoms with van der Waals surface area (Å²) in [6, 6.07) is 52.0. The average molecular weight is 705 g/mol. The van der Waals surface area contributed by atoms with Crippen LogP contribution < -0.4 is 4.90 Å². The molecule has 2 nitrogen and oxygen atoms in total. The molecule has 262 valence electrons. The molecule has 1 aliphatic carbocycles. The number of hydrogen-bond donors (Lipinski definition) is 0. The first-order chi connectivity index (χ1) is 26.8. The molecule has 0 unspecified atom stereocenters. The van der Waals surface area contributed by atoms with Crippen LogP contribution >= 0.6 is 0 Å². The molecule has 8 aromatic rings. The zero-order chi connectivity index (χ0) is 37.1. The lowest BCUT2D eigenvalue weighted by Crippen LogP contribution is -2.33. The van der Waals surface area contributed by atoms with E-state index >= 15 is 0 Å². The topological polar surface area (TPSA) is 8.17 Å². The van der Waals surface area contributed by atoms with Crippen molar-refractivity contribution in [2.75, 3.05) is 4.90 Å². The zero-order valence-corrected chi connectivity index (χ0v) is 31.6. The molecule has 0 radical (unpaired) electrons. The van der Waals surface area contributed by atoms with Crippen molar-refractivity contribution in [1.29, 1.82) is 0 Å². The monoisotopic (exact) mass is 704 g/mol. The SMILES string of the molecule is CC1(C)c2cccc3c2-n2c4c1cc(-c1ccccc1)cc4c1cc(N(C4=CC=C=CC=C4)c4ccc(-c5cccc6ccccc56)cc4)cc(c12)C3(C)C. The summed E-state index contributed by atoms with van der Waals surface area (Å²) in [5.74, 6) is 0. The minimum absolute atomic E-state index is 0.178. The highest BCUT2D eigenvalue weighted by Crippen LogP contribution is 2.57. The van der Waals surface area contributed by atoms with Gasteiger partial charge in [0.1, 0.15) is 0 Å². The molecule has 0 spiro atoms. The van der Waals surface area contributed by atoms with E-state index in [0.29, 0.717) is 0 Å². The van der Waals surface area contributed by atoms with E-state index in [9.17, 15) is 0 Å². The highest BCUT2D eigenvalue weighted by molar-refractivity contribution is 6.16. The van der Waals surface area contributed by atoms with Gasteiger partial charge in [0.2, 0.25) is 0 Å². The summed E-state index contributed by atoms with van der Waals surface area (Å²) in [6.45, 7) is 9.66. The standard InChI is InChI=1S/C53H40N2/c1-52(2)45-24-15-25-46-51(45)55-49-43(30-37(31-47(49)52)34-16-8-7-9-17-34)44-32-40(33-48(50(44)55)53(46,3)4)54(38-20-10-5-6-11-21-38)39-28-26-36(27-29-39)42-23-14-19-35-18-12-13-22-41(35)42/h5,7-33H,1-4H3. The predicted octanol–water partition coefficient (Wildman–Crippen LogP) is 13.9. The van der Waals surface area contributed by atoms with Crippen LogP contribution in [0.2, 0.25) is 0 Å². The Morgan fingerprint density at radius 1 is 0.509 bits per heavy atom. The summed E-state index contributed by atoms with van der Waals surface area (Å²) in [7, 11) is 0. The van der Waals surface area contributed by atoms with Crippen molar-refractivity contribution < 1.29 is 0 Å². The Labute approximate surface area is 322 Å². The Morgan fingerprint density at radius 3 is 1.96 bits per heavy atom. The van der Waals surface area contributed by atoms with Gasteiger partial charge in [-0.2, -0.15) is 0 Å². The maximum absolute atomic E-state index is 3.29. The zero-order valence-electron chi connectivity index (χ0n) is 31.6. The van der Waals surface area contributed by atoms with E-state index in [1.165, 1.54) is 82.8 Å². The van der Waals surface area contributed by atoms with Crippen LogP contribution in [-0.4, -0.2) is 4.57 Å². The van der Waals surface area contributed by atoms with E-state index in [2.05, 4.69) is 201 Å². The predicted molar refractivity (Wildman–Crippen MR) is 232 cm³/mol. The Morgan fingerprint density at radius 2 is 1.18 bits per heavy atom. The molecule has 0 saturated heterocycles. The lowest BCUT2D eigenvalue weighted by molar-refractivity contribution is 0.594. The molecule has 0 atom stereocenters. The van der Waals surface area contributed by atoms with Crippen molar-refractivity contribution in [2.45, 2.75) is 38.5 Å². The van der Waals surface area contributed by atoms with Gasteiger partial charge in [-0.05, 0) is 116 Å². The molecule has 55 heavy (non-hydrogen) atoms. The molecule has 2 aliphatic heterocycles. The molecule has 3 aliphatic rings. The van der Waals surface area contributed by atoms with Crippen molar-refractivity contribution >= 4 is 44.0 Å². The van der Waals surface area contributed by atoms with Crippen LogP contribution in [0.15, 0.2) is 181 Å². The highest BCUT2D eigenvalue weighted by atomic mass is 15.1. The largest absolute Gasteiger partial charge is 0.310 e. The van der Waals surface area contributed by atoms with Gasteiger partial charge < -0.3 is 9.47 Å². The molecule has 7 aromatic carbocycles. The number of allylic oxidation sites excluding steroid dienone is 4. The minimum Gasteiger partial charge on any atom is -0.310 e. The molecule has 2 heteroatoms. The number of anilines is 2. The Balaban J connectivity index is 1.20. The number of nitrogens with zero attached hydrogens (tertiary/aromatic N) is 2. The van der Waals surface area contributed by atoms with Crippen molar-refractivity contribution in [3.8, 4) is 27.9 Å². The molecule has 3 heterocycles. The molecular weight excluding hydrogens is 665 g/mol. The first-order valence-electron chi connectivity index (χ1n) is 19.4. The van der Waals surface area contributed by atoms with Gasteiger partial charge in [-0.3, -0.25) is 0 Å². The van der Waals surface area contributed by atoms with Crippen molar-refractivity contribution in [2.24, 2.45) is 0 Å². The third-order valence-electron chi connectivity index (χ3n) is 12.6. The quantitative estimate of drug-likeness (QED) is 0.162. The molecule has 1 aromatic heterocycles. The van der Waals surface area contributed by atoms with Crippen LogP contribution in [0.4, 0.5) is 11.4 Å².